The fourth-order valence-corrected chi connectivity index (χ4v) is 3.12. The van der Waals surface area contributed by atoms with E-state index in [-0.39, 0.29) is 0 Å². The molecular formula is C18H24ClN5O. The molecular weight excluding hydrogens is 338 g/mol. The van der Waals surface area contributed by atoms with Crippen LogP contribution in [0.25, 0.3) is 11.4 Å². The van der Waals surface area contributed by atoms with Gasteiger partial charge in [0.2, 0.25) is 11.7 Å². The highest BCUT2D eigenvalue weighted by atomic mass is 35.5. The second kappa shape index (κ2) is 7.44. The van der Waals surface area contributed by atoms with E-state index >= 15 is 0 Å². The van der Waals surface area contributed by atoms with Crippen molar-refractivity contribution in [3.05, 3.63) is 35.2 Å². The molecule has 0 amide bonds. The van der Waals surface area contributed by atoms with Crippen LogP contribution in [-0.4, -0.2) is 40.6 Å². The lowest BCUT2D eigenvalue weighted by Crippen LogP contribution is -2.40. The third-order valence-corrected chi connectivity index (χ3v) is 4.46. The Hall–Kier alpha value is -2.08. The summed E-state index contributed by atoms with van der Waals surface area (Å²) in [7, 11) is 0. The fourth-order valence-electron chi connectivity index (χ4n) is 2.93. The SMILES string of the molecule is CCNC(=NCc1nc(-c2cccc(Cl)c2)no1)N1CCC(C)(C)C1. The minimum Gasteiger partial charge on any atom is -0.357 e. The van der Waals surface area contributed by atoms with Gasteiger partial charge in [0.25, 0.3) is 0 Å². The standard InChI is InChI=1S/C18H24ClN5O/c1-4-20-17(24-9-8-18(2,3)12-24)21-11-15-22-16(23-25-15)13-6-5-7-14(19)10-13/h5-7,10H,4,8-9,11-12H2,1-3H3,(H,20,21). The van der Waals surface area contributed by atoms with E-state index in [1.165, 1.54) is 0 Å². The summed E-state index contributed by atoms with van der Waals surface area (Å²) in [5, 5.41) is 8.02. The van der Waals surface area contributed by atoms with Gasteiger partial charge in [-0.3, -0.25) is 0 Å². The van der Waals surface area contributed by atoms with Gasteiger partial charge in [-0.05, 0) is 30.9 Å². The van der Waals surface area contributed by atoms with Gasteiger partial charge in [-0.25, -0.2) is 4.99 Å². The van der Waals surface area contributed by atoms with Crippen LogP contribution in [0, 0.1) is 5.41 Å². The molecule has 134 valence electrons. The van der Waals surface area contributed by atoms with Gasteiger partial charge >= 0.3 is 0 Å². The van der Waals surface area contributed by atoms with Crippen molar-refractivity contribution in [3.63, 3.8) is 0 Å². The number of likely N-dealkylation sites (tertiary alicyclic amines) is 1. The van der Waals surface area contributed by atoms with Crippen molar-refractivity contribution in [1.29, 1.82) is 0 Å². The number of halogens is 1. The first kappa shape index (κ1) is 17.7. The molecule has 1 aliphatic heterocycles. The summed E-state index contributed by atoms with van der Waals surface area (Å²) in [4.78, 5) is 11.4. The molecule has 3 rings (SSSR count). The molecule has 1 aromatic carbocycles. The minimum absolute atomic E-state index is 0.320. The van der Waals surface area contributed by atoms with Gasteiger partial charge < -0.3 is 14.7 Å². The summed E-state index contributed by atoms with van der Waals surface area (Å²) >= 11 is 6.01. The molecule has 0 atom stereocenters. The summed E-state index contributed by atoms with van der Waals surface area (Å²) in [6, 6.07) is 7.40. The maximum absolute atomic E-state index is 6.01. The predicted molar refractivity (Wildman–Crippen MR) is 99.5 cm³/mol. The van der Waals surface area contributed by atoms with Gasteiger partial charge in [0.1, 0.15) is 6.54 Å². The van der Waals surface area contributed by atoms with Crippen LogP contribution in [0.4, 0.5) is 0 Å². The van der Waals surface area contributed by atoms with E-state index in [4.69, 9.17) is 16.1 Å². The number of hydrogen-bond acceptors (Lipinski definition) is 4. The Morgan fingerprint density at radius 3 is 2.96 bits per heavy atom. The normalized spacial score (nSPS) is 17.1. The molecule has 2 aromatic rings. The van der Waals surface area contributed by atoms with Gasteiger partial charge in [-0.15, -0.1) is 0 Å². The molecule has 0 bridgehead atoms. The van der Waals surface area contributed by atoms with Crippen LogP contribution in [0.5, 0.6) is 0 Å². The van der Waals surface area contributed by atoms with Crippen LogP contribution in [0.1, 0.15) is 33.1 Å². The quantitative estimate of drug-likeness (QED) is 0.665. The van der Waals surface area contributed by atoms with Gasteiger partial charge in [0, 0.05) is 30.2 Å². The topological polar surface area (TPSA) is 66.5 Å². The van der Waals surface area contributed by atoms with Crippen molar-refractivity contribution < 1.29 is 4.52 Å². The van der Waals surface area contributed by atoms with E-state index in [1.54, 1.807) is 0 Å². The summed E-state index contributed by atoms with van der Waals surface area (Å²) < 4.78 is 5.33. The van der Waals surface area contributed by atoms with Crippen molar-refractivity contribution in [2.24, 2.45) is 10.4 Å². The highest BCUT2D eigenvalue weighted by Gasteiger charge is 2.30. The number of hydrogen-bond donors (Lipinski definition) is 1. The smallest absolute Gasteiger partial charge is 0.248 e. The molecule has 1 aliphatic rings. The summed E-state index contributed by atoms with van der Waals surface area (Å²) in [5.74, 6) is 1.92. The molecule has 2 heterocycles. The summed E-state index contributed by atoms with van der Waals surface area (Å²) in [6.45, 7) is 9.82. The molecule has 0 saturated carbocycles. The Kier molecular flexibility index (Phi) is 5.27. The van der Waals surface area contributed by atoms with Gasteiger partial charge in [0.15, 0.2) is 5.96 Å². The van der Waals surface area contributed by atoms with Gasteiger partial charge in [-0.2, -0.15) is 4.98 Å². The fraction of sp³-hybridized carbons (Fsp3) is 0.500. The largest absolute Gasteiger partial charge is 0.357 e. The molecule has 25 heavy (non-hydrogen) atoms. The molecule has 7 heteroatoms. The molecule has 1 fully saturated rings. The highest BCUT2D eigenvalue weighted by molar-refractivity contribution is 6.30. The zero-order valence-corrected chi connectivity index (χ0v) is 15.7. The first-order valence-electron chi connectivity index (χ1n) is 8.59. The van der Waals surface area contributed by atoms with Crippen LogP contribution in [0.15, 0.2) is 33.8 Å². The predicted octanol–water partition coefficient (Wildman–Crippen LogP) is 3.59. The molecule has 6 nitrogen and oxygen atoms in total. The van der Waals surface area contributed by atoms with Crippen molar-refractivity contribution in [2.75, 3.05) is 19.6 Å². The number of rotatable bonds is 4. The first-order chi connectivity index (χ1) is 12.0. The second-order valence-corrected chi connectivity index (χ2v) is 7.46. The molecule has 0 unspecified atom stereocenters. The van der Waals surface area contributed by atoms with E-state index in [0.717, 1.165) is 37.6 Å². The second-order valence-electron chi connectivity index (χ2n) is 7.03. The van der Waals surface area contributed by atoms with E-state index in [1.807, 2.05) is 24.3 Å². The van der Waals surface area contributed by atoms with E-state index < -0.39 is 0 Å². The average molecular weight is 362 g/mol. The van der Waals surface area contributed by atoms with Gasteiger partial charge in [-0.1, -0.05) is 42.7 Å². The Labute approximate surface area is 153 Å². The highest BCUT2D eigenvalue weighted by Crippen LogP contribution is 2.28. The van der Waals surface area contributed by atoms with Crippen molar-refractivity contribution in [2.45, 2.75) is 33.7 Å². The molecule has 1 N–H and O–H groups in total. The number of aliphatic imine (C=N–C) groups is 1. The molecule has 0 aliphatic carbocycles. The Morgan fingerprint density at radius 1 is 1.44 bits per heavy atom. The number of nitrogens with one attached hydrogen (secondary N) is 1. The Balaban J connectivity index is 1.71. The average Bonchev–Trinajstić information content (AvgIpc) is 3.18. The number of guanidine groups is 1. The van der Waals surface area contributed by atoms with Crippen LogP contribution in [0.2, 0.25) is 5.02 Å². The van der Waals surface area contributed by atoms with Crippen molar-refractivity contribution in [1.82, 2.24) is 20.4 Å². The van der Waals surface area contributed by atoms with Crippen molar-refractivity contribution >= 4 is 17.6 Å². The Morgan fingerprint density at radius 2 is 2.28 bits per heavy atom. The minimum atomic E-state index is 0.320. The van der Waals surface area contributed by atoms with Crippen molar-refractivity contribution in [3.8, 4) is 11.4 Å². The first-order valence-corrected chi connectivity index (χ1v) is 8.96. The lowest BCUT2D eigenvalue weighted by Gasteiger charge is -2.23. The van der Waals surface area contributed by atoms with E-state index in [0.29, 0.717) is 28.7 Å². The third kappa shape index (κ3) is 4.51. The maximum atomic E-state index is 6.01. The lowest BCUT2D eigenvalue weighted by atomic mass is 9.93. The Bertz CT molecular complexity index is 755. The summed E-state index contributed by atoms with van der Waals surface area (Å²) in [6.07, 6.45) is 1.16. The van der Waals surface area contributed by atoms with Crippen LogP contribution >= 0.6 is 11.6 Å². The zero-order chi connectivity index (χ0) is 17.9. The van der Waals surface area contributed by atoms with E-state index in [9.17, 15) is 0 Å². The van der Waals surface area contributed by atoms with Crippen LogP contribution < -0.4 is 5.32 Å². The zero-order valence-electron chi connectivity index (χ0n) is 14.9. The molecule has 0 spiro atoms. The molecule has 1 aromatic heterocycles. The maximum Gasteiger partial charge on any atom is 0.248 e. The monoisotopic (exact) mass is 361 g/mol. The third-order valence-electron chi connectivity index (χ3n) is 4.23. The molecule has 0 radical (unpaired) electrons. The number of nitrogens with zero attached hydrogens (tertiary/aromatic N) is 4. The number of aromatic nitrogens is 2. The van der Waals surface area contributed by atoms with Crippen LogP contribution in [0.3, 0.4) is 0 Å². The molecule has 1 saturated heterocycles. The summed E-state index contributed by atoms with van der Waals surface area (Å²) in [5.41, 5.74) is 1.15. The van der Waals surface area contributed by atoms with E-state index in [2.05, 4.69) is 46.1 Å². The van der Waals surface area contributed by atoms with Gasteiger partial charge in [0.05, 0.1) is 0 Å². The lowest BCUT2D eigenvalue weighted by molar-refractivity contribution is 0.366. The van der Waals surface area contributed by atoms with Crippen LogP contribution in [-0.2, 0) is 6.54 Å². The number of benzene rings is 1.